The Morgan fingerprint density at radius 3 is 2.00 bits per heavy atom. The van der Waals surface area contributed by atoms with Gasteiger partial charge >= 0.3 is 0 Å². The molecule has 0 N–H and O–H groups in total. The molecule has 0 atom stereocenters. The second-order valence-electron chi connectivity index (χ2n) is 6.88. The summed E-state index contributed by atoms with van der Waals surface area (Å²) in [7, 11) is -1.48. The van der Waals surface area contributed by atoms with Crippen LogP contribution in [0.15, 0.2) is 10.7 Å². The van der Waals surface area contributed by atoms with Crippen LogP contribution in [-0.4, -0.2) is 13.1 Å². The van der Waals surface area contributed by atoms with E-state index in [1.54, 1.807) is 5.57 Å². The molecule has 0 unspecified atom stereocenters. The van der Waals surface area contributed by atoms with E-state index in [0.717, 1.165) is 0 Å². The molecule has 0 radical (unpaired) electrons. The fourth-order valence-corrected chi connectivity index (χ4v) is 4.43. The Labute approximate surface area is 113 Å². The van der Waals surface area contributed by atoms with Crippen molar-refractivity contribution in [2.45, 2.75) is 77.3 Å². The first kappa shape index (κ1) is 15.2. The van der Waals surface area contributed by atoms with Gasteiger partial charge < -0.3 is 4.43 Å². The summed E-state index contributed by atoms with van der Waals surface area (Å²) in [6.07, 6.45) is 6.59. The summed E-state index contributed by atoms with van der Waals surface area (Å²) in [5, 5.41) is 1.26. The van der Waals surface area contributed by atoms with E-state index in [1.165, 1.54) is 37.2 Å². The van der Waals surface area contributed by atoms with Crippen LogP contribution in [0.5, 0.6) is 0 Å². The molecule has 1 aliphatic carbocycles. The summed E-state index contributed by atoms with van der Waals surface area (Å²) in [6.45, 7) is 13.6. The van der Waals surface area contributed by atoms with Crippen molar-refractivity contribution in [2.75, 3.05) is 0 Å². The third-order valence-electron chi connectivity index (χ3n) is 2.54. The van der Waals surface area contributed by atoms with Gasteiger partial charge in [0, 0.05) is 4.75 Å². The van der Waals surface area contributed by atoms with Gasteiger partial charge in [-0.25, -0.2) is 0 Å². The van der Waals surface area contributed by atoms with Crippen LogP contribution in [0.1, 0.15) is 52.9 Å². The molecule has 100 valence electrons. The summed E-state index contributed by atoms with van der Waals surface area (Å²) in [5.41, 5.74) is 1.58. The van der Waals surface area contributed by atoms with Crippen LogP contribution >= 0.6 is 11.8 Å². The molecular weight excluding hydrogens is 244 g/mol. The monoisotopic (exact) mass is 272 g/mol. The molecule has 0 spiro atoms. The number of rotatable bonds is 3. The van der Waals surface area contributed by atoms with Crippen LogP contribution in [0.4, 0.5) is 0 Å². The molecule has 0 bridgehead atoms. The first-order valence-electron chi connectivity index (χ1n) is 6.77. The molecule has 1 rings (SSSR count). The van der Waals surface area contributed by atoms with Crippen molar-refractivity contribution < 1.29 is 4.43 Å². The Balaban J connectivity index is 2.84. The molecule has 0 heterocycles. The molecular formula is C14H28OSSi. The number of allylic oxidation sites excluding steroid dienone is 1. The molecule has 0 aromatic heterocycles. The smallest absolute Gasteiger partial charge is 0.242 e. The molecule has 1 fully saturated rings. The molecule has 0 aromatic rings. The summed E-state index contributed by atoms with van der Waals surface area (Å²) in [4.78, 5) is 0. The van der Waals surface area contributed by atoms with Crippen molar-refractivity contribution in [3.63, 3.8) is 0 Å². The lowest BCUT2D eigenvalue weighted by Gasteiger charge is -2.29. The average molecular weight is 273 g/mol. The van der Waals surface area contributed by atoms with E-state index in [9.17, 15) is 0 Å². The van der Waals surface area contributed by atoms with Crippen molar-refractivity contribution in [1.82, 2.24) is 0 Å². The lowest BCUT2D eigenvalue weighted by atomic mass is 9.96. The molecule has 1 saturated carbocycles. The minimum atomic E-state index is -1.48. The maximum Gasteiger partial charge on any atom is 0.242 e. The van der Waals surface area contributed by atoms with Crippen LogP contribution in [0, 0.1) is 0 Å². The van der Waals surface area contributed by atoms with Crippen molar-refractivity contribution in [3.8, 4) is 0 Å². The average Bonchev–Trinajstić information content (AvgIpc) is 2.14. The van der Waals surface area contributed by atoms with Crippen molar-refractivity contribution in [1.29, 1.82) is 0 Å². The SMILES string of the molecule is CC(C)(C)SC(O[Si](C)(C)C)=C1CCCCC1. The molecule has 0 aromatic carbocycles. The maximum atomic E-state index is 6.33. The van der Waals surface area contributed by atoms with Crippen LogP contribution < -0.4 is 0 Å². The first-order valence-corrected chi connectivity index (χ1v) is 11.0. The third-order valence-corrected chi connectivity index (χ3v) is 4.68. The highest BCUT2D eigenvalue weighted by atomic mass is 32.2. The largest absolute Gasteiger partial charge is 0.540 e. The summed E-state index contributed by atoms with van der Waals surface area (Å²) in [5.74, 6) is 0. The normalized spacial score (nSPS) is 18.1. The van der Waals surface area contributed by atoms with Gasteiger partial charge in [-0.1, -0.05) is 39.0 Å². The third kappa shape index (κ3) is 6.56. The lowest BCUT2D eigenvalue weighted by Crippen LogP contribution is -2.26. The van der Waals surface area contributed by atoms with E-state index >= 15 is 0 Å². The first-order chi connectivity index (χ1) is 7.67. The van der Waals surface area contributed by atoms with Crippen LogP contribution in [0.2, 0.25) is 19.6 Å². The van der Waals surface area contributed by atoms with Crippen LogP contribution in [0.3, 0.4) is 0 Å². The number of hydrogen-bond acceptors (Lipinski definition) is 2. The van der Waals surface area contributed by atoms with Crippen molar-refractivity contribution >= 4 is 20.1 Å². The Bertz CT molecular complexity index is 258. The van der Waals surface area contributed by atoms with Gasteiger partial charge in [-0.15, -0.1) is 0 Å². The molecule has 0 saturated heterocycles. The quantitative estimate of drug-likeness (QED) is 0.492. The summed E-state index contributed by atoms with van der Waals surface area (Å²) >= 11 is 1.93. The minimum absolute atomic E-state index is 0.249. The second kappa shape index (κ2) is 5.83. The topological polar surface area (TPSA) is 9.23 Å². The summed E-state index contributed by atoms with van der Waals surface area (Å²) in [6, 6.07) is 0. The van der Waals surface area contributed by atoms with Gasteiger partial charge in [0.15, 0.2) is 0 Å². The van der Waals surface area contributed by atoms with E-state index in [4.69, 9.17) is 4.43 Å². The van der Waals surface area contributed by atoms with Crippen LogP contribution in [-0.2, 0) is 4.43 Å². The van der Waals surface area contributed by atoms with Gasteiger partial charge in [-0.05, 0) is 50.9 Å². The molecule has 0 aliphatic heterocycles. The Morgan fingerprint density at radius 1 is 1.06 bits per heavy atom. The fraction of sp³-hybridized carbons (Fsp3) is 0.857. The van der Waals surface area contributed by atoms with E-state index in [-0.39, 0.29) is 4.75 Å². The zero-order valence-corrected chi connectivity index (χ0v) is 14.2. The standard InChI is InChI=1S/C14H28OSSi/c1-14(2,3)16-13(15-17(4,5)6)12-10-8-7-9-11-12/h7-11H2,1-6H3. The Morgan fingerprint density at radius 2 is 1.59 bits per heavy atom. The van der Waals surface area contributed by atoms with Gasteiger partial charge in [0.2, 0.25) is 8.32 Å². The van der Waals surface area contributed by atoms with Gasteiger partial charge in [0.1, 0.15) is 5.09 Å². The van der Waals surface area contributed by atoms with Gasteiger partial charge in [0.05, 0.1) is 0 Å². The maximum absolute atomic E-state index is 6.33. The zero-order valence-electron chi connectivity index (χ0n) is 12.4. The Kier molecular flexibility index (Phi) is 5.20. The van der Waals surface area contributed by atoms with E-state index in [2.05, 4.69) is 40.4 Å². The van der Waals surface area contributed by atoms with Gasteiger partial charge in [-0.3, -0.25) is 0 Å². The Hall–Kier alpha value is 0.107. The highest BCUT2D eigenvalue weighted by Crippen LogP contribution is 2.39. The minimum Gasteiger partial charge on any atom is -0.540 e. The van der Waals surface area contributed by atoms with E-state index in [0.29, 0.717) is 0 Å². The molecule has 3 heteroatoms. The molecule has 1 aliphatic rings. The summed E-state index contributed by atoms with van der Waals surface area (Å²) < 4.78 is 6.58. The van der Waals surface area contributed by atoms with E-state index < -0.39 is 8.32 Å². The highest BCUT2D eigenvalue weighted by Gasteiger charge is 2.25. The number of hydrogen-bond donors (Lipinski definition) is 0. The van der Waals surface area contributed by atoms with Gasteiger partial charge in [-0.2, -0.15) is 0 Å². The predicted octanol–water partition coefficient (Wildman–Crippen LogP) is 5.55. The van der Waals surface area contributed by atoms with Crippen LogP contribution in [0.25, 0.3) is 0 Å². The molecule has 1 nitrogen and oxygen atoms in total. The second-order valence-corrected chi connectivity index (χ2v) is 13.1. The zero-order chi connectivity index (χ0) is 13.1. The van der Waals surface area contributed by atoms with Crippen molar-refractivity contribution in [2.24, 2.45) is 0 Å². The molecule has 0 amide bonds. The molecule has 17 heavy (non-hydrogen) atoms. The van der Waals surface area contributed by atoms with E-state index in [1.807, 2.05) is 11.8 Å². The fourth-order valence-electron chi connectivity index (χ4n) is 1.90. The lowest BCUT2D eigenvalue weighted by molar-refractivity contribution is 0.440. The number of thioether (sulfide) groups is 1. The van der Waals surface area contributed by atoms with Crippen molar-refractivity contribution in [3.05, 3.63) is 10.7 Å². The predicted molar refractivity (Wildman–Crippen MR) is 81.9 cm³/mol. The van der Waals surface area contributed by atoms with Gasteiger partial charge in [0.25, 0.3) is 0 Å². The highest BCUT2D eigenvalue weighted by molar-refractivity contribution is 8.04.